The van der Waals surface area contributed by atoms with Gasteiger partial charge in [0.05, 0.1) is 29.7 Å². The van der Waals surface area contributed by atoms with Gasteiger partial charge in [-0.2, -0.15) is 0 Å². The number of aromatic nitrogens is 2. The standard InChI is InChI=1S/C24H20N4O/c1-3-6-16-8-4-9-17-22(16)20-14-21(27(2)24(17)29)23-26-18-11-10-15(7-5-12-25)13-19(18)28(20)23/h4,8-11,13,20-21H,12,14,25H2,1-2H3/t20-,21-/m1/s1/i2D3. The molecular formula is C24H20N4O. The maximum atomic E-state index is 13.5. The fraction of sp³-hybridized carbons (Fsp3) is 0.250. The van der Waals surface area contributed by atoms with E-state index >= 15 is 0 Å². The number of rotatable bonds is 0. The van der Waals surface area contributed by atoms with E-state index in [0.29, 0.717) is 17.8 Å². The first-order valence-electron chi connectivity index (χ1n) is 10.9. The molecular weight excluding hydrogens is 360 g/mol. The molecule has 5 nitrogen and oxygen atoms in total. The molecule has 2 atom stereocenters. The predicted molar refractivity (Wildman–Crippen MR) is 112 cm³/mol. The second-order valence-corrected chi connectivity index (χ2v) is 7.13. The highest BCUT2D eigenvalue weighted by Crippen LogP contribution is 2.48. The van der Waals surface area contributed by atoms with Crippen LogP contribution in [0.4, 0.5) is 0 Å². The van der Waals surface area contributed by atoms with Crippen LogP contribution in [0.2, 0.25) is 0 Å². The monoisotopic (exact) mass is 383 g/mol. The van der Waals surface area contributed by atoms with Crippen LogP contribution in [0.15, 0.2) is 36.4 Å². The molecule has 0 aliphatic carbocycles. The van der Waals surface area contributed by atoms with Crippen LogP contribution in [-0.2, 0) is 0 Å². The summed E-state index contributed by atoms with van der Waals surface area (Å²) >= 11 is 0. The Balaban J connectivity index is 1.84. The van der Waals surface area contributed by atoms with Crippen molar-refractivity contribution in [3.63, 3.8) is 0 Å². The van der Waals surface area contributed by atoms with Gasteiger partial charge in [-0.1, -0.05) is 23.8 Å². The van der Waals surface area contributed by atoms with Crippen molar-refractivity contribution in [2.45, 2.75) is 25.4 Å². The first-order chi connectivity index (χ1) is 15.3. The van der Waals surface area contributed by atoms with E-state index in [1.165, 1.54) is 0 Å². The van der Waals surface area contributed by atoms with Gasteiger partial charge in [0.2, 0.25) is 0 Å². The molecule has 2 aliphatic heterocycles. The van der Waals surface area contributed by atoms with Crippen molar-refractivity contribution in [3.05, 3.63) is 64.5 Å². The number of fused-ring (bicyclic) bond motifs is 9. The Morgan fingerprint density at radius 3 is 2.97 bits per heavy atom. The number of imidazole rings is 1. The molecule has 2 aliphatic rings. The molecule has 5 rings (SSSR count). The summed E-state index contributed by atoms with van der Waals surface area (Å²) in [6.45, 7) is -0.606. The lowest BCUT2D eigenvalue weighted by atomic mass is 9.93. The Bertz CT molecular complexity index is 1400. The zero-order valence-electron chi connectivity index (χ0n) is 18.9. The van der Waals surface area contributed by atoms with E-state index in [1.54, 1.807) is 19.1 Å². The summed E-state index contributed by atoms with van der Waals surface area (Å²) in [5.74, 6) is 12.0. The average molecular weight is 383 g/mol. The molecule has 142 valence electrons. The summed E-state index contributed by atoms with van der Waals surface area (Å²) in [6, 6.07) is 10.1. The van der Waals surface area contributed by atoms with Crippen molar-refractivity contribution in [2.75, 3.05) is 13.5 Å². The van der Waals surface area contributed by atoms with Crippen molar-refractivity contribution < 1.29 is 8.91 Å². The number of carbonyl (C=O) groups excluding carboxylic acids is 1. The summed E-state index contributed by atoms with van der Waals surface area (Å²) in [4.78, 5) is 19.2. The van der Waals surface area contributed by atoms with Gasteiger partial charge in [0.25, 0.3) is 5.91 Å². The van der Waals surface area contributed by atoms with Gasteiger partial charge in [-0.3, -0.25) is 4.79 Å². The number of nitrogens with zero attached hydrogens (tertiary/aromatic N) is 3. The van der Waals surface area contributed by atoms with E-state index in [4.69, 9.17) is 14.8 Å². The third kappa shape index (κ3) is 2.49. The zero-order chi connectivity index (χ0) is 22.6. The number of amides is 1. The van der Waals surface area contributed by atoms with Crippen LogP contribution in [0.5, 0.6) is 0 Å². The van der Waals surface area contributed by atoms with E-state index < -0.39 is 18.9 Å². The molecule has 5 heteroatoms. The second-order valence-electron chi connectivity index (χ2n) is 7.13. The molecule has 1 amide bonds. The topological polar surface area (TPSA) is 64.2 Å². The third-order valence-corrected chi connectivity index (χ3v) is 5.57. The molecule has 1 aromatic heterocycles. The molecule has 3 aromatic rings. The molecule has 2 bridgehead atoms. The fourth-order valence-electron chi connectivity index (χ4n) is 4.42. The number of carbonyl (C=O) groups is 1. The highest BCUT2D eigenvalue weighted by Gasteiger charge is 2.44. The number of nitrogens with two attached hydrogens (primary N) is 1. The molecule has 2 aromatic carbocycles. The van der Waals surface area contributed by atoms with E-state index in [9.17, 15) is 4.79 Å². The van der Waals surface area contributed by atoms with Crippen LogP contribution in [0.1, 0.15) is 62.4 Å². The van der Waals surface area contributed by atoms with Crippen LogP contribution in [-0.4, -0.2) is 33.9 Å². The first-order valence-corrected chi connectivity index (χ1v) is 9.45. The predicted octanol–water partition coefficient (Wildman–Crippen LogP) is 2.84. The highest BCUT2D eigenvalue weighted by atomic mass is 16.2. The number of hydrogen-bond donors (Lipinski definition) is 1. The summed E-state index contributed by atoms with van der Waals surface area (Å²) in [6.07, 6.45) is 0.427. The lowest BCUT2D eigenvalue weighted by Gasteiger charge is -2.24. The van der Waals surface area contributed by atoms with E-state index in [2.05, 4.69) is 28.2 Å². The van der Waals surface area contributed by atoms with Gasteiger partial charge >= 0.3 is 0 Å². The average Bonchev–Trinajstić information content (AvgIpc) is 3.24. The van der Waals surface area contributed by atoms with Gasteiger partial charge in [0.15, 0.2) is 0 Å². The lowest BCUT2D eigenvalue weighted by molar-refractivity contribution is 0.0734. The van der Waals surface area contributed by atoms with Crippen LogP contribution < -0.4 is 5.73 Å². The van der Waals surface area contributed by atoms with Gasteiger partial charge in [0.1, 0.15) is 5.82 Å². The van der Waals surface area contributed by atoms with Gasteiger partial charge in [-0.05, 0) is 37.3 Å². The minimum absolute atomic E-state index is 0.259. The van der Waals surface area contributed by atoms with E-state index in [-0.39, 0.29) is 12.6 Å². The minimum atomic E-state index is -2.61. The molecule has 0 spiro atoms. The Hall–Kier alpha value is -3.54. The normalized spacial score (nSPS) is 21.0. The SMILES string of the molecule is [2H]C([2H])([2H])N1C(=O)c2cccc(C#CC)c2[C@H]2C[C@@H]1c1nc3ccc(C#CCN)cc3n12. The van der Waals surface area contributed by atoms with Crippen LogP contribution in [0.3, 0.4) is 0 Å². The van der Waals surface area contributed by atoms with Gasteiger partial charge in [-0.25, -0.2) is 4.98 Å². The van der Waals surface area contributed by atoms with Gasteiger partial charge in [0, 0.05) is 39.8 Å². The molecule has 2 N–H and O–H groups in total. The molecule has 0 saturated heterocycles. The van der Waals surface area contributed by atoms with Crippen molar-refractivity contribution in [2.24, 2.45) is 5.73 Å². The lowest BCUT2D eigenvalue weighted by Crippen LogP contribution is -2.30. The van der Waals surface area contributed by atoms with Gasteiger partial charge in [-0.15, -0.1) is 5.92 Å². The molecule has 0 unspecified atom stereocenters. The summed E-state index contributed by atoms with van der Waals surface area (Å²) in [7, 11) is 0. The maximum absolute atomic E-state index is 13.5. The minimum Gasteiger partial charge on any atom is -0.331 e. The quantitative estimate of drug-likeness (QED) is 0.607. The smallest absolute Gasteiger partial charge is 0.254 e. The largest absolute Gasteiger partial charge is 0.331 e. The summed E-state index contributed by atoms with van der Waals surface area (Å²) in [5.41, 5.74) is 9.75. The molecule has 0 fully saturated rings. The number of benzene rings is 2. The van der Waals surface area contributed by atoms with Crippen molar-refractivity contribution in [1.82, 2.24) is 14.5 Å². The van der Waals surface area contributed by atoms with E-state index in [0.717, 1.165) is 32.6 Å². The molecule has 29 heavy (non-hydrogen) atoms. The van der Waals surface area contributed by atoms with Crippen LogP contribution in [0.25, 0.3) is 11.0 Å². The Morgan fingerprint density at radius 2 is 2.17 bits per heavy atom. The number of hydrogen-bond acceptors (Lipinski definition) is 3. The summed E-state index contributed by atoms with van der Waals surface area (Å²) < 4.78 is 26.4. The second kappa shape index (κ2) is 6.51. The molecule has 0 saturated carbocycles. The Morgan fingerprint density at radius 1 is 1.28 bits per heavy atom. The summed E-state index contributed by atoms with van der Waals surface area (Å²) in [5, 5.41) is 0. The van der Waals surface area contributed by atoms with Crippen molar-refractivity contribution in [1.29, 1.82) is 0 Å². The van der Waals surface area contributed by atoms with Crippen molar-refractivity contribution >= 4 is 16.9 Å². The van der Waals surface area contributed by atoms with Gasteiger partial charge < -0.3 is 15.2 Å². The Kier molecular flexibility index (Phi) is 3.25. The van der Waals surface area contributed by atoms with Crippen molar-refractivity contribution in [3.8, 4) is 23.7 Å². The van der Waals surface area contributed by atoms with E-state index in [1.807, 2.05) is 24.3 Å². The highest BCUT2D eigenvalue weighted by molar-refractivity contribution is 5.97. The fourth-order valence-corrected chi connectivity index (χ4v) is 4.42. The maximum Gasteiger partial charge on any atom is 0.254 e. The zero-order valence-corrected chi connectivity index (χ0v) is 15.9. The van der Waals surface area contributed by atoms with Crippen LogP contribution in [0, 0.1) is 23.7 Å². The first kappa shape index (κ1) is 14.5. The molecule has 0 radical (unpaired) electrons. The molecule has 3 heterocycles. The van der Waals surface area contributed by atoms with Crippen LogP contribution >= 0.6 is 0 Å². The Labute approximate surface area is 173 Å². The third-order valence-electron chi connectivity index (χ3n) is 5.57.